The van der Waals surface area contributed by atoms with Crippen LogP contribution in [0.4, 0.5) is 5.69 Å². The van der Waals surface area contributed by atoms with Gasteiger partial charge in [-0.3, -0.25) is 10.1 Å². The summed E-state index contributed by atoms with van der Waals surface area (Å²) in [6.07, 6.45) is 0.392. The summed E-state index contributed by atoms with van der Waals surface area (Å²) in [4.78, 5) is 24.2. The number of carboxylic acid groups (broad SMARTS) is 1. The van der Waals surface area contributed by atoms with Gasteiger partial charge in [0, 0.05) is 6.07 Å². The smallest absolute Gasteiger partial charge is 0.400 e. The summed E-state index contributed by atoms with van der Waals surface area (Å²) in [5.74, 6) is -1.54. The molecule has 0 saturated heterocycles. The van der Waals surface area contributed by atoms with Crippen LogP contribution in [-0.4, -0.2) is 21.0 Å². The van der Waals surface area contributed by atoms with Gasteiger partial charge in [0.2, 0.25) is 5.75 Å². The number of nitro benzene ring substituents is 1. The predicted molar refractivity (Wildman–Crippen MR) is 61.3 cm³/mol. The van der Waals surface area contributed by atoms with Crippen molar-refractivity contribution in [3.8, 4) is 17.9 Å². The van der Waals surface area contributed by atoms with Crippen molar-refractivity contribution in [3.63, 3.8) is 0 Å². The van der Waals surface area contributed by atoms with Gasteiger partial charge < -0.3 is 14.3 Å². The molecule has 0 amide bonds. The Kier molecular flexibility index (Phi) is 3.30. The molecule has 0 bridgehead atoms. The normalized spacial score (nSPS) is 9.75. The number of hydrogen-bond acceptors (Lipinski definition) is 7. The molecule has 20 heavy (non-hydrogen) atoms. The Hall–Kier alpha value is -3.41. The maximum Gasteiger partial charge on any atom is 0.400 e. The minimum Gasteiger partial charge on any atom is -0.476 e. The molecule has 0 spiro atoms. The number of aromatic nitrogens is 1. The van der Waals surface area contributed by atoms with Gasteiger partial charge in [-0.1, -0.05) is 0 Å². The molecule has 0 aliphatic rings. The van der Waals surface area contributed by atoms with Crippen molar-refractivity contribution in [3.05, 3.63) is 45.8 Å². The number of nitro groups is 1. The van der Waals surface area contributed by atoms with E-state index in [1.54, 1.807) is 6.07 Å². The number of carbonyl (C=O) groups is 1. The van der Waals surface area contributed by atoms with Gasteiger partial charge in [-0.15, -0.1) is 0 Å². The van der Waals surface area contributed by atoms with Crippen LogP contribution in [0.15, 0.2) is 28.9 Å². The third-order valence-electron chi connectivity index (χ3n) is 2.18. The number of ether oxygens (including phenoxy) is 1. The lowest BCUT2D eigenvalue weighted by molar-refractivity contribution is -0.385. The lowest BCUT2D eigenvalue weighted by Gasteiger charge is -2.01. The topological polar surface area (TPSA) is 139 Å². The van der Waals surface area contributed by atoms with E-state index in [9.17, 15) is 14.9 Å². The Bertz CT molecular complexity index is 730. The minimum atomic E-state index is -1.32. The van der Waals surface area contributed by atoms with Gasteiger partial charge in [-0.05, 0) is 12.1 Å². The Morgan fingerprint density at radius 2 is 2.30 bits per heavy atom. The van der Waals surface area contributed by atoms with Gasteiger partial charge in [0.25, 0.3) is 0 Å². The van der Waals surface area contributed by atoms with Crippen molar-refractivity contribution in [1.29, 1.82) is 5.26 Å². The van der Waals surface area contributed by atoms with Gasteiger partial charge in [-0.25, -0.2) is 4.79 Å². The predicted octanol–water partition coefficient (Wildman–Crippen LogP) is 1.94. The number of oxazole rings is 1. The highest BCUT2D eigenvalue weighted by molar-refractivity contribution is 5.84. The Balaban J connectivity index is 2.35. The zero-order valence-corrected chi connectivity index (χ0v) is 9.64. The number of benzene rings is 1. The first-order valence-electron chi connectivity index (χ1n) is 5.06. The number of rotatable bonds is 4. The van der Waals surface area contributed by atoms with Crippen LogP contribution in [0, 0.1) is 21.4 Å². The highest BCUT2D eigenvalue weighted by Crippen LogP contribution is 2.31. The monoisotopic (exact) mass is 275 g/mol. The lowest BCUT2D eigenvalue weighted by atomic mass is 10.2. The first-order valence-corrected chi connectivity index (χ1v) is 5.06. The summed E-state index contributed by atoms with van der Waals surface area (Å²) in [6.45, 7) is 0. The quantitative estimate of drug-likeness (QED) is 0.659. The fraction of sp³-hybridized carbons (Fsp3) is 0. The van der Waals surface area contributed by atoms with E-state index in [4.69, 9.17) is 19.5 Å². The number of carboxylic acids is 1. The van der Waals surface area contributed by atoms with Crippen LogP contribution in [0.1, 0.15) is 16.1 Å². The second-order valence-corrected chi connectivity index (χ2v) is 3.46. The molecular formula is C11H5N3O6. The Morgan fingerprint density at radius 1 is 1.55 bits per heavy atom. The molecule has 0 atom stereocenters. The summed E-state index contributed by atoms with van der Waals surface area (Å²) >= 11 is 0. The van der Waals surface area contributed by atoms with Gasteiger partial charge >= 0.3 is 17.7 Å². The molecule has 1 aromatic carbocycles. The molecule has 9 nitrogen and oxygen atoms in total. The molecule has 0 saturated carbocycles. The zero-order chi connectivity index (χ0) is 14.7. The maximum atomic E-state index is 10.9. The average Bonchev–Trinajstić information content (AvgIpc) is 2.87. The van der Waals surface area contributed by atoms with Crippen molar-refractivity contribution < 1.29 is 24.0 Å². The number of nitrogens with zero attached hydrogens (tertiary/aromatic N) is 3. The molecule has 0 radical (unpaired) electrons. The number of hydrogen-bond donors (Lipinski definition) is 1. The van der Waals surface area contributed by atoms with Crippen LogP contribution in [0.3, 0.4) is 0 Å². The van der Waals surface area contributed by atoms with E-state index in [0.29, 0.717) is 0 Å². The molecular weight excluding hydrogens is 270 g/mol. The molecule has 1 heterocycles. The Labute approximate surface area is 110 Å². The maximum absolute atomic E-state index is 10.9. The van der Waals surface area contributed by atoms with Crippen LogP contribution in [0.5, 0.6) is 11.8 Å². The van der Waals surface area contributed by atoms with E-state index in [2.05, 4.69) is 4.98 Å². The average molecular weight is 275 g/mol. The van der Waals surface area contributed by atoms with Gasteiger partial charge in [0.15, 0.2) is 5.69 Å². The first-order chi connectivity index (χ1) is 9.51. The highest BCUT2D eigenvalue weighted by atomic mass is 16.6. The molecule has 1 N–H and O–H groups in total. The second-order valence-electron chi connectivity index (χ2n) is 3.46. The van der Waals surface area contributed by atoms with Crippen molar-refractivity contribution in [2.24, 2.45) is 0 Å². The van der Waals surface area contributed by atoms with Crippen LogP contribution in [0.2, 0.25) is 0 Å². The van der Waals surface area contributed by atoms with Crippen LogP contribution < -0.4 is 4.74 Å². The van der Waals surface area contributed by atoms with Crippen molar-refractivity contribution >= 4 is 11.7 Å². The molecule has 2 rings (SSSR count). The zero-order valence-electron chi connectivity index (χ0n) is 9.64. The summed E-state index contributed by atoms with van der Waals surface area (Å²) in [5, 5.41) is 28.2. The van der Waals surface area contributed by atoms with E-state index < -0.39 is 28.4 Å². The van der Waals surface area contributed by atoms with Crippen LogP contribution in [-0.2, 0) is 0 Å². The van der Waals surface area contributed by atoms with Crippen molar-refractivity contribution in [1.82, 2.24) is 4.98 Å². The summed E-state index contributed by atoms with van der Waals surface area (Å²) in [6, 6.07) is 5.28. The van der Waals surface area contributed by atoms with Gasteiger partial charge in [-0.2, -0.15) is 10.2 Å². The molecule has 0 aliphatic carbocycles. The van der Waals surface area contributed by atoms with Crippen molar-refractivity contribution in [2.45, 2.75) is 0 Å². The van der Waals surface area contributed by atoms with Gasteiger partial charge in [0.1, 0.15) is 6.26 Å². The molecule has 9 heteroatoms. The van der Waals surface area contributed by atoms with Crippen LogP contribution >= 0.6 is 0 Å². The largest absolute Gasteiger partial charge is 0.476 e. The number of aromatic carboxylic acids is 1. The fourth-order valence-corrected chi connectivity index (χ4v) is 1.31. The molecule has 0 fully saturated rings. The van der Waals surface area contributed by atoms with E-state index in [-0.39, 0.29) is 11.3 Å². The summed E-state index contributed by atoms with van der Waals surface area (Å²) in [5.41, 5.74) is -0.766. The van der Waals surface area contributed by atoms with E-state index in [1.807, 2.05) is 0 Å². The number of nitriles is 1. The van der Waals surface area contributed by atoms with Crippen LogP contribution in [0.25, 0.3) is 0 Å². The molecule has 100 valence electrons. The van der Waals surface area contributed by atoms with Crippen molar-refractivity contribution in [2.75, 3.05) is 0 Å². The van der Waals surface area contributed by atoms with Gasteiger partial charge in [0.05, 0.1) is 16.6 Å². The summed E-state index contributed by atoms with van der Waals surface area (Å²) in [7, 11) is 0. The lowest BCUT2D eigenvalue weighted by Crippen LogP contribution is -1.97. The molecule has 0 aliphatic heterocycles. The molecule has 2 aromatic rings. The SMILES string of the molecule is N#Cc1ccc(Oc2nc(C(=O)O)co2)c([N+](=O)[O-])c1. The first kappa shape index (κ1) is 13.0. The third kappa shape index (κ3) is 2.54. The molecule has 1 aromatic heterocycles. The molecule has 0 unspecified atom stereocenters. The highest BCUT2D eigenvalue weighted by Gasteiger charge is 2.20. The second kappa shape index (κ2) is 5.07. The minimum absolute atomic E-state index is 0.0858. The third-order valence-corrected chi connectivity index (χ3v) is 2.18. The fourth-order valence-electron chi connectivity index (χ4n) is 1.31. The standard InChI is InChI=1S/C11H5N3O6/c12-4-6-1-2-9(8(3-6)14(17)18)20-11-13-7(5-19-11)10(15)16/h1-3,5H,(H,15,16). The van der Waals surface area contributed by atoms with E-state index in [0.717, 1.165) is 12.3 Å². The summed E-state index contributed by atoms with van der Waals surface area (Å²) < 4.78 is 9.73. The van der Waals surface area contributed by atoms with E-state index in [1.165, 1.54) is 12.1 Å². The Morgan fingerprint density at radius 3 is 2.85 bits per heavy atom. The van der Waals surface area contributed by atoms with E-state index >= 15 is 0 Å².